The van der Waals surface area contributed by atoms with Crippen molar-refractivity contribution < 1.29 is 23.1 Å². The van der Waals surface area contributed by atoms with Crippen LogP contribution in [-0.4, -0.2) is 63.1 Å². The molecule has 4 rings (SSSR count). The molecule has 10 nitrogen and oxygen atoms in total. The molecule has 4 N–H and O–H groups in total. The van der Waals surface area contributed by atoms with Crippen molar-refractivity contribution >= 4 is 27.6 Å². The summed E-state index contributed by atoms with van der Waals surface area (Å²) in [7, 11) is -3.60. The Labute approximate surface area is 192 Å². The number of nitrogens with two attached hydrogens (primary N) is 1. The highest BCUT2D eigenvalue weighted by Crippen LogP contribution is 2.29. The number of pyridine rings is 1. The molecule has 2 aliphatic heterocycles. The Morgan fingerprint density at radius 2 is 2.09 bits per heavy atom. The maximum Gasteiger partial charge on any atom is 0.270 e. The number of aromatic nitrogens is 1. The number of hydrogen-bond donors (Lipinski definition) is 3. The number of nitrogens with zero attached hydrogens (tertiary/aromatic N) is 3. The van der Waals surface area contributed by atoms with E-state index >= 15 is 0 Å². The Hall–Kier alpha value is -3.18. The summed E-state index contributed by atoms with van der Waals surface area (Å²) in [6.07, 6.45) is 1.92. The van der Waals surface area contributed by atoms with E-state index in [1.807, 2.05) is 6.07 Å². The lowest BCUT2D eigenvalue weighted by Crippen LogP contribution is -2.38. The number of aliphatic hydroxyl groups is 1. The van der Waals surface area contributed by atoms with Gasteiger partial charge in [0.25, 0.3) is 15.9 Å². The zero-order chi connectivity index (χ0) is 23.4. The van der Waals surface area contributed by atoms with E-state index in [-0.39, 0.29) is 36.6 Å². The number of nitrogens with one attached hydrogen (secondary N) is 1. The first-order valence-electron chi connectivity index (χ1n) is 10.8. The van der Waals surface area contributed by atoms with E-state index in [0.717, 1.165) is 25.2 Å². The van der Waals surface area contributed by atoms with Gasteiger partial charge >= 0.3 is 0 Å². The topological polar surface area (TPSA) is 147 Å². The lowest BCUT2D eigenvalue weighted by Gasteiger charge is -2.33. The number of anilines is 1. The molecule has 1 aromatic heterocycles. The van der Waals surface area contributed by atoms with Crippen LogP contribution in [0.2, 0.25) is 0 Å². The minimum Gasteiger partial charge on any atom is -0.492 e. The largest absolute Gasteiger partial charge is 0.492 e. The van der Waals surface area contributed by atoms with Gasteiger partial charge in [0.1, 0.15) is 23.1 Å². The Morgan fingerprint density at radius 1 is 1.27 bits per heavy atom. The van der Waals surface area contributed by atoms with Crippen molar-refractivity contribution in [2.75, 3.05) is 37.7 Å². The van der Waals surface area contributed by atoms with Crippen molar-refractivity contribution in [3.05, 3.63) is 53.2 Å². The maximum atomic E-state index is 12.2. The molecule has 0 aliphatic carbocycles. The molecule has 2 aromatic rings. The molecule has 0 spiro atoms. The monoisotopic (exact) mass is 473 g/mol. The number of benzene rings is 1. The van der Waals surface area contributed by atoms with Crippen LogP contribution in [0.25, 0.3) is 0 Å². The molecule has 0 radical (unpaired) electrons. The predicted octanol–water partition coefficient (Wildman–Crippen LogP) is 0.648. The van der Waals surface area contributed by atoms with Crippen molar-refractivity contribution in [2.45, 2.75) is 18.6 Å². The standard InChI is InChI=1S/C22H27N5O5S/c23-21-20-16(14-33(30,31)26-21)5-1-7-18(20)32-13-15-4-3-10-27(12-15)19-8-2-6-17(25-19)22(29)24-9-11-28/h1-2,5-8,15,28H,3-4,9-14H2,(H2,23,26)(H,24,29)/t15-/m0/s1. The van der Waals surface area contributed by atoms with Crippen LogP contribution >= 0.6 is 0 Å². The molecular weight excluding hydrogens is 446 g/mol. The van der Waals surface area contributed by atoms with Gasteiger partial charge in [-0.15, -0.1) is 4.40 Å². The van der Waals surface area contributed by atoms with Gasteiger partial charge in [-0.2, -0.15) is 0 Å². The number of sulfonamides is 1. The Morgan fingerprint density at radius 3 is 2.91 bits per heavy atom. The first kappa shape index (κ1) is 23.0. The summed E-state index contributed by atoms with van der Waals surface area (Å²) >= 11 is 0. The number of carbonyl (C=O) groups excluding carboxylic acids is 1. The second-order valence-electron chi connectivity index (χ2n) is 8.12. The molecule has 1 aromatic carbocycles. The van der Waals surface area contributed by atoms with Crippen LogP contribution < -0.4 is 20.7 Å². The molecule has 1 fully saturated rings. The number of ether oxygens (including phenoxy) is 1. The molecule has 1 atom stereocenters. The van der Waals surface area contributed by atoms with Gasteiger partial charge in [-0.3, -0.25) is 4.79 Å². The van der Waals surface area contributed by atoms with Crippen molar-refractivity contribution in [3.8, 4) is 5.75 Å². The summed E-state index contributed by atoms with van der Waals surface area (Å²) in [5.41, 5.74) is 7.37. The maximum absolute atomic E-state index is 12.2. The first-order valence-corrected chi connectivity index (χ1v) is 12.4. The summed E-state index contributed by atoms with van der Waals surface area (Å²) in [6, 6.07) is 10.6. The van der Waals surface area contributed by atoms with Gasteiger partial charge in [-0.05, 0) is 36.6 Å². The van der Waals surface area contributed by atoms with Gasteiger partial charge in [0.2, 0.25) is 0 Å². The number of amides is 1. The van der Waals surface area contributed by atoms with Crippen LogP contribution in [-0.2, 0) is 15.8 Å². The molecule has 0 saturated carbocycles. The number of piperidine rings is 1. The van der Waals surface area contributed by atoms with E-state index in [0.29, 0.717) is 35.7 Å². The van der Waals surface area contributed by atoms with E-state index in [4.69, 9.17) is 15.6 Å². The van der Waals surface area contributed by atoms with Gasteiger partial charge in [-0.25, -0.2) is 13.4 Å². The summed E-state index contributed by atoms with van der Waals surface area (Å²) in [4.78, 5) is 18.8. The quantitative estimate of drug-likeness (QED) is 0.531. The third kappa shape index (κ3) is 5.42. The summed E-state index contributed by atoms with van der Waals surface area (Å²) < 4.78 is 33.5. The van der Waals surface area contributed by atoms with E-state index in [9.17, 15) is 13.2 Å². The van der Waals surface area contributed by atoms with Crippen LogP contribution in [0, 0.1) is 5.92 Å². The molecule has 2 aliphatic rings. The number of carbonyl (C=O) groups is 1. The van der Waals surface area contributed by atoms with E-state index in [1.165, 1.54) is 0 Å². The lowest BCUT2D eigenvalue weighted by molar-refractivity contribution is 0.0940. The second-order valence-corrected chi connectivity index (χ2v) is 9.75. The van der Waals surface area contributed by atoms with Gasteiger partial charge in [0.15, 0.2) is 0 Å². The molecule has 0 unspecified atom stereocenters. The van der Waals surface area contributed by atoms with E-state index in [1.54, 1.807) is 30.3 Å². The highest BCUT2D eigenvalue weighted by atomic mass is 32.2. The minimum absolute atomic E-state index is 0.0439. The van der Waals surface area contributed by atoms with Crippen LogP contribution in [0.5, 0.6) is 5.75 Å². The number of amidine groups is 1. The molecular formula is C22H27N5O5S. The zero-order valence-electron chi connectivity index (χ0n) is 18.1. The zero-order valence-corrected chi connectivity index (χ0v) is 18.9. The molecule has 3 heterocycles. The Kier molecular flexibility index (Phi) is 6.80. The molecule has 176 valence electrons. The fourth-order valence-electron chi connectivity index (χ4n) is 4.13. The highest BCUT2D eigenvalue weighted by Gasteiger charge is 2.27. The average molecular weight is 474 g/mol. The number of aliphatic hydroxyl groups excluding tert-OH is 1. The van der Waals surface area contributed by atoms with Crippen molar-refractivity contribution in [2.24, 2.45) is 16.0 Å². The summed E-state index contributed by atoms with van der Waals surface area (Å²) in [5, 5.41) is 11.5. The average Bonchev–Trinajstić information content (AvgIpc) is 2.80. The molecule has 0 bridgehead atoms. The molecule has 1 saturated heterocycles. The van der Waals surface area contributed by atoms with Crippen molar-refractivity contribution in [1.29, 1.82) is 0 Å². The van der Waals surface area contributed by atoms with Crippen LogP contribution in [0.1, 0.15) is 34.5 Å². The molecule has 33 heavy (non-hydrogen) atoms. The highest BCUT2D eigenvalue weighted by molar-refractivity contribution is 7.89. The summed E-state index contributed by atoms with van der Waals surface area (Å²) in [5.74, 6) is 0.909. The van der Waals surface area contributed by atoms with Crippen LogP contribution in [0.15, 0.2) is 40.8 Å². The summed E-state index contributed by atoms with van der Waals surface area (Å²) in [6.45, 7) is 2.02. The normalized spacial score (nSPS) is 19.4. The third-order valence-electron chi connectivity index (χ3n) is 5.63. The third-order valence-corrected chi connectivity index (χ3v) is 6.78. The van der Waals surface area contributed by atoms with Gasteiger partial charge in [-0.1, -0.05) is 18.2 Å². The Balaban J connectivity index is 1.43. The second kappa shape index (κ2) is 9.75. The molecule has 11 heteroatoms. The number of hydrogen-bond acceptors (Lipinski definition) is 8. The fourth-order valence-corrected chi connectivity index (χ4v) is 5.22. The van der Waals surface area contributed by atoms with Crippen molar-refractivity contribution in [3.63, 3.8) is 0 Å². The van der Waals surface area contributed by atoms with E-state index < -0.39 is 10.0 Å². The van der Waals surface area contributed by atoms with Crippen LogP contribution in [0.4, 0.5) is 5.82 Å². The number of fused-ring (bicyclic) bond motifs is 1. The van der Waals surface area contributed by atoms with E-state index in [2.05, 4.69) is 19.6 Å². The predicted molar refractivity (Wildman–Crippen MR) is 124 cm³/mol. The van der Waals surface area contributed by atoms with Crippen molar-refractivity contribution in [1.82, 2.24) is 10.3 Å². The fraction of sp³-hybridized carbons (Fsp3) is 0.409. The minimum atomic E-state index is -3.60. The smallest absolute Gasteiger partial charge is 0.270 e. The lowest BCUT2D eigenvalue weighted by atomic mass is 9.98. The van der Waals surface area contributed by atoms with Gasteiger partial charge in [0, 0.05) is 25.6 Å². The SMILES string of the molecule is NC1=NS(=O)(=O)Cc2cccc(OC[C@H]3CCCN(c4cccc(C(=O)NCCO)n4)C3)c21. The first-order chi connectivity index (χ1) is 15.9. The van der Waals surface area contributed by atoms with Gasteiger partial charge in [0.05, 0.1) is 24.5 Å². The Bertz CT molecular complexity index is 1170. The molecule has 1 amide bonds. The number of rotatable bonds is 7. The van der Waals surface area contributed by atoms with Gasteiger partial charge < -0.3 is 25.8 Å². The van der Waals surface area contributed by atoms with Crippen LogP contribution in [0.3, 0.4) is 0 Å².